The number of hydrogen-bond donors (Lipinski definition) is 1. The predicted octanol–water partition coefficient (Wildman–Crippen LogP) is 1.95. The number of carboxylic acids is 1. The number of carbonyl (C=O) groups is 1. The van der Waals surface area contributed by atoms with Crippen LogP contribution in [-0.2, 0) is 10.7 Å². The van der Waals surface area contributed by atoms with Crippen molar-refractivity contribution in [3.05, 3.63) is 17.5 Å². The van der Waals surface area contributed by atoms with Crippen molar-refractivity contribution in [2.75, 3.05) is 0 Å². The largest absolute Gasteiger partial charge is 0.476 e. The van der Waals surface area contributed by atoms with Crippen molar-refractivity contribution in [2.45, 2.75) is 32.7 Å². The number of halogens is 2. The van der Waals surface area contributed by atoms with Gasteiger partial charge in [0.2, 0.25) is 0 Å². The first kappa shape index (κ1) is 11.6. The fraction of sp³-hybridized carbons (Fsp3) is 0.556. The number of aryl methyl sites for hydroxylation is 1. The van der Waals surface area contributed by atoms with Gasteiger partial charge < -0.3 is 5.11 Å². The Bertz CT molecular complexity index is 385. The molecule has 1 aromatic rings. The minimum Gasteiger partial charge on any atom is -0.476 e. The molecule has 0 saturated carbocycles. The summed E-state index contributed by atoms with van der Waals surface area (Å²) in [6, 6.07) is -0.307. The first-order valence-electron chi connectivity index (χ1n) is 4.44. The van der Waals surface area contributed by atoms with E-state index in [4.69, 9.17) is 5.11 Å². The molecule has 0 unspecified atom stereocenters. The summed E-state index contributed by atoms with van der Waals surface area (Å²) in [5.74, 6) is -6.06. The molecule has 0 amide bonds. The summed E-state index contributed by atoms with van der Waals surface area (Å²) >= 11 is 0. The monoisotopic (exact) mass is 218 g/mol. The van der Waals surface area contributed by atoms with Crippen LogP contribution >= 0.6 is 0 Å². The Morgan fingerprint density at radius 2 is 2.13 bits per heavy atom. The second-order valence-electron chi connectivity index (χ2n) is 3.59. The van der Waals surface area contributed by atoms with Crippen molar-refractivity contribution in [3.8, 4) is 0 Å². The molecule has 0 bridgehead atoms. The van der Waals surface area contributed by atoms with Gasteiger partial charge in [-0.05, 0) is 26.3 Å². The molecule has 84 valence electrons. The lowest BCUT2D eigenvalue weighted by Gasteiger charge is -2.17. The van der Waals surface area contributed by atoms with Crippen LogP contribution in [0.1, 0.15) is 31.1 Å². The van der Waals surface area contributed by atoms with Crippen LogP contribution in [0.4, 0.5) is 8.78 Å². The molecule has 0 aliphatic carbocycles. The molecule has 0 spiro atoms. The third kappa shape index (κ3) is 1.84. The maximum absolute atomic E-state index is 13.3. The van der Waals surface area contributed by atoms with Gasteiger partial charge in [0.15, 0.2) is 0 Å². The van der Waals surface area contributed by atoms with E-state index in [0.29, 0.717) is 0 Å². The van der Waals surface area contributed by atoms with Crippen LogP contribution in [0.3, 0.4) is 0 Å². The van der Waals surface area contributed by atoms with Gasteiger partial charge in [0.25, 0.3) is 0 Å². The Kier molecular flexibility index (Phi) is 2.79. The molecule has 1 aromatic heterocycles. The van der Waals surface area contributed by atoms with E-state index in [2.05, 4.69) is 5.10 Å². The van der Waals surface area contributed by atoms with Crippen molar-refractivity contribution >= 4 is 5.97 Å². The van der Waals surface area contributed by atoms with E-state index < -0.39 is 17.6 Å². The van der Waals surface area contributed by atoms with Gasteiger partial charge in [-0.25, -0.2) is 4.79 Å². The summed E-state index contributed by atoms with van der Waals surface area (Å²) in [6.45, 7) is 4.74. The van der Waals surface area contributed by atoms with E-state index in [0.717, 1.165) is 4.68 Å². The van der Waals surface area contributed by atoms with Crippen LogP contribution in [0.15, 0.2) is 6.20 Å². The van der Waals surface area contributed by atoms with Crippen LogP contribution in [-0.4, -0.2) is 20.9 Å². The number of aromatic nitrogens is 2. The van der Waals surface area contributed by atoms with Gasteiger partial charge in [-0.15, -0.1) is 0 Å². The van der Waals surface area contributed by atoms with Gasteiger partial charge in [0.05, 0.1) is 6.20 Å². The van der Waals surface area contributed by atoms with Crippen molar-refractivity contribution in [3.63, 3.8) is 0 Å². The SMILES string of the molecule is Cc1cnn(C(C)C)c1C(F)(F)C(=O)O. The Balaban J connectivity index is 3.35. The Hall–Kier alpha value is -1.46. The number of aliphatic carboxylic acids is 1. The quantitative estimate of drug-likeness (QED) is 0.843. The second-order valence-corrected chi connectivity index (χ2v) is 3.59. The summed E-state index contributed by atoms with van der Waals surface area (Å²) in [5, 5.41) is 12.2. The van der Waals surface area contributed by atoms with E-state index >= 15 is 0 Å². The highest BCUT2D eigenvalue weighted by molar-refractivity contribution is 5.77. The van der Waals surface area contributed by atoms with Gasteiger partial charge in [0.1, 0.15) is 5.69 Å². The molecule has 0 saturated heterocycles. The topological polar surface area (TPSA) is 55.1 Å². The van der Waals surface area contributed by atoms with Crippen molar-refractivity contribution < 1.29 is 18.7 Å². The third-order valence-corrected chi connectivity index (χ3v) is 2.03. The summed E-state index contributed by atoms with van der Waals surface area (Å²) in [7, 11) is 0. The van der Waals surface area contributed by atoms with Crippen molar-refractivity contribution in [1.29, 1.82) is 0 Å². The first-order valence-corrected chi connectivity index (χ1v) is 4.44. The fourth-order valence-electron chi connectivity index (χ4n) is 1.33. The number of nitrogens with zero attached hydrogens (tertiary/aromatic N) is 2. The summed E-state index contributed by atoms with van der Waals surface area (Å²) in [5.41, 5.74) is -0.374. The van der Waals surface area contributed by atoms with Crippen LogP contribution in [0.5, 0.6) is 0 Å². The first-order chi connectivity index (χ1) is 6.78. The highest BCUT2D eigenvalue weighted by atomic mass is 19.3. The Morgan fingerprint density at radius 3 is 2.53 bits per heavy atom. The van der Waals surface area contributed by atoms with Crippen LogP contribution in [0, 0.1) is 6.92 Å². The molecule has 0 aliphatic heterocycles. The van der Waals surface area contributed by atoms with Crippen LogP contribution in [0.2, 0.25) is 0 Å². The van der Waals surface area contributed by atoms with E-state index in [1.54, 1.807) is 13.8 Å². The van der Waals surface area contributed by atoms with Gasteiger partial charge in [-0.1, -0.05) is 0 Å². The highest BCUT2D eigenvalue weighted by Gasteiger charge is 2.45. The number of rotatable bonds is 3. The van der Waals surface area contributed by atoms with Crippen molar-refractivity contribution in [2.24, 2.45) is 0 Å². The highest BCUT2D eigenvalue weighted by Crippen LogP contribution is 2.32. The zero-order chi connectivity index (χ0) is 11.8. The predicted molar refractivity (Wildman–Crippen MR) is 48.9 cm³/mol. The molecule has 1 heterocycles. The molecule has 0 atom stereocenters. The molecule has 0 aliphatic rings. The smallest absolute Gasteiger partial charge is 0.384 e. The lowest BCUT2D eigenvalue weighted by atomic mass is 10.1. The van der Waals surface area contributed by atoms with Crippen LogP contribution in [0.25, 0.3) is 0 Å². The summed E-state index contributed by atoms with van der Waals surface area (Å²) in [6.07, 6.45) is 1.24. The molecule has 4 nitrogen and oxygen atoms in total. The van der Waals surface area contributed by atoms with E-state index in [1.165, 1.54) is 13.1 Å². The fourth-order valence-corrected chi connectivity index (χ4v) is 1.33. The Morgan fingerprint density at radius 1 is 1.60 bits per heavy atom. The molecule has 0 aromatic carbocycles. The van der Waals surface area contributed by atoms with E-state index in [9.17, 15) is 13.6 Å². The van der Waals surface area contributed by atoms with E-state index in [1.807, 2.05) is 0 Å². The molecule has 15 heavy (non-hydrogen) atoms. The van der Waals surface area contributed by atoms with Gasteiger partial charge >= 0.3 is 11.9 Å². The molecule has 6 heteroatoms. The molecule has 1 N–H and O–H groups in total. The second kappa shape index (κ2) is 3.60. The third-order valence-electron chi connectivity index (χ3n) is 2.03. The number of hydrogen-bond acceptors (Lipinski definition) is 2. The van der Waals surface area contributed by atoms with Gasteiger partial charge in [0, 0.05) is 6.04 Å². The molecule has 1 rings (SSSR count). The normalized spacial score (nSPS) is 12.1. The summed E-state index contributed by atoms with van der Waals surface area (Å²) in [4.78, 5) is 10.5. The van der Waals surface area contributed by atoms with Crippen molar-refractivity contribution in [1.82, 2.24) is 9.78 Å². The minimum atomic E-state index is -3.90. The lowest BCUT2D eigenvalue weighted by molar-refractivity contribution is -0.167. The Labute approximate surface area is 85.5 Å². The van der Waals surface area contributed by atoms with E-state index in [-0.39, 0.29) is 11.6 Å². The van der Waals surface area contributed by atoms with Gasteiger partial charge in [-0.3, -0.25) is 4.68 Å². The minimum absolute atomic E-state index is 0.177. The maximum atomic E-state index is 13.3. The molecular formula is C9H12F2N2O2. The standard InChI is InChI=1S/C9H12F2N2O2/c1-5(2)13-7(6(3)4-12-13)9(10,11)8(14)15/h4-5H,1-3H3,(H,14,15). The van der Waals surface area contributed by atoms with Gasteiger partial charge in [-0.2, -0.15) is 13.9 Å². The average Bonchev–Trinajstić information content (AvgIpc) is 2.47. The maximum Gasteiger partial charge on any atom is 0.384 e. The number of carboxylic acid groups (broad SMARTS) is 1. The summed E-state index contributed by atoms with van der Waals surface area (Å²) < 4.78 is 27.7. The average molecular weight is 218 g/mol. The zero-order valence-corrected chi connectivity index (χ0v) is 8.66. The lowest BCUT2D eigenvalue weighted by Crippen LogP contribution is -2.30. The molecule has 0 radical (unpaired) electrons. The number of alkyl halides is 2. The molecular weight excluding hydrogens is 206 g/mol. The molecule has 0 fully saturated rings. The van der Waals surface area contributed by atoms with Crippen LogP contribution < -0.4 is 0 Å². The zero-order valence-electron chi connectivity index (χ0n) is 8.66.